The smallest absolute Gasteiger partial charge is 0.296 e. The van der Waals surface area contributed by atoms with Crippen molar-refractivity contribution in [3.8, 4) is 5.75 Å². The van der Waals surface area contributed by atoms with E-state index in [0.29, 0.717) is 43.9 Å². The molecule has 0 aliphatic carbocycles. The van der Waals surface area contributed by atoms with Crippen molar-refractivity contribution in [1.82, 2.24) is 4.90 Å². The third-order valence-electron chi connectivity index (χ3n) is 5.06. The lowest BCUT2D eigenvalue weighted by atomic mass is 9.97. The molecule has 1 amide bonds. The molecule has 29 heavy (non-hydrogen) atoms. The Morgan fingerprint density at radius 1 is 1.10 bits per heavy atom. The van der Waals surface area contributed by atoms with Crippen molar-refractivity contribution in [3.05, 3.63) is 59.7 Å². The Morgan fingerprint density at radius 2 is 1.79 bits per heavy atom. The normalized spacial score (nSPS) is 15.3. The summed E-state index contributed by atoms with van der Waals surface area (Å²) in [5.41, 5.74) is 1.60. The zero-order valence-corrected chi connectivity index (χ0v) is 17.7. The second-order valence-corrected chi connectivity index (χ2v) is 8.86. The molecule has 1 aliphatic rings. The first-order valence-electron chi connectivity index (χ1n) is 9.87. The number of hydrogen-bond acceptors (Lipinski definition) is 5. The van der Waals surface area contributed by atoms with Gasteiger partial charge in [-0.1, -0.05) is 23.8 Å². The number of rotatable bonds is 7. The number of carbonyl (C=O) groups excluding carboxylic acids is 1. The van der Waals surface area contributed by atoms with Gasteiger partial charge in [-0.25, -0.2) is 0 Å². The second kappa shape index (κ2) is 9.41. The van der Waals surface area contributed by atoms with Crippen LogP contribution in [0.15, 0.2) is 53.4 Å². The molecule has 1 saturated heterocycles. The molecule has 0 spiro atoms. The number of carbonyl (C=O) groups is 1. The molecule has 1 heterocycles. The molecule has 3 rings (SSSR count). The molecule has 1 aliphatic heterocycles. The fourth-order valence-electron chi connectivity index (χ4n) is 3.33. The Balaban J connectivity index is 1.52. The predicted octanol–water partition coefficient (Wildman–Crippen LogP) is 3.65. The summed E-state index contributed by atoms with van der Waals surface area (Å²) in [6.07, 6.45) is 1.42. The van der Waals surface area contributed by atoms with Crippen LogP contribution in [0.5, 0.6) is 5.75 Å². The summed E-state index contributed by atoms with van der Waals surface area (Å²) in [6.45, 7) is 5.65. The van der Waals surface area contributed by atoms with E-state index in [1.54, 1.807) is 41.3 Å². The molecule has 0 N–H and O–H groups in total. The molecule has 156 valence electrons. The average molecular weight is 418 g/mol. The van der Waals surface area contributed by atoms with Gasteiger partial charge in [0.25, 0.3) is 16.0 Å². The molecule has 0 bridgehead atoms. The lowest BCUT2D eigenvalue weighted by Crippen LogP contribution is -2.39. The largest absolute Gasteiger partial charge is 0.494 e. The van der Waals surface area contributed by atoms with Gasteiger partial charge in [0.05, 0.1) is 18.1 Å². The van der Waals surface area contributed by atoms with Crippen LogP contribution in [0.4, 0.5) is 0 Å². The van der Waals surface area contributed by atoms with E-state index >= 15 is 0 Å². The van der Waals surface area contributed by atoms with E-state index < -0.39 is 10.1 Å². The van der Waals surface area contributed by atoms with Crippen LogP contribution in [0.25, 0.3) is 0 Å². The minimum atomic E-state index is -3.75. The van der Waals surface area contributed by atoms with Crippen LogP contribution in [0, 0.1) is 12.8 Å². The van der Waals surface area contributed by atoms with Gasteiger partial charge in [-0.05, 0) is 62.9 Å². The van der Waals surface area contributed by atoms with Gasteiger partial charge in [-0.15, -0.1) is 0 Å². The molecule has 0 unspecified atom stereocenters. The molecule has 6 nitrogen and oxygen atoms in total. The maximum Gasteiger partial charge on any atom is 0.296 e. The first-order chi connectivity index (χ1) is 13.9. The van der Waals surface area contributed by atoms with E-state index in [-0.39, 0.29) is 23.3 Å². The van der Waals surface area contributed by atoms with Crippen LogP contribution in [0.2, 0.25) is 0 Å². The predicted molar refractivity (Wildman–Crippen MR) is 111 cm³/mol. The Bertz CT molecular complexity index is 932. The number of likely N-dealkylation sites (tertiary alicyclic amines) is 1. The fraction of sp³-hybridized carbons (Fsp3) is 0.409. The molecule has 0 aromatic heterocycles. The fourth-order valence-corrected chi connectivity index (χ4v) is 4.31. The van der Waals surface area contributed by atoms with E-state index in [9.17, 15) is 13.2 Å². The third-order valence-corrected chi connectivity index (χ3v) is 6.36. The van der Waals surface area contributed by atoms with Crippen molar-refractivity contribution in [1.29, 1.82) is 0 Å². The standard InChI is InChI=1S/C22H27NO5S/c1-3-27-20-6-4-5-19(15-20)22(24)23-13-11-18(12-14-23)16-28-29(25,26)21-9-7-17(2)8-10-21/h4-10,15,18H,3,11-14,16H2,1-2H3. The molecular formula is C22H27NO5S. The van der Waals surface area contributed by atoms with Crippen molar-refractivity contribution in [3.63, 3.8) is 0 Å². The van der Waals surface area contributed by atoms with Crippen molar-refractivity contribution >= 4 is 16.0 Å². The van der Waals surface area contributed by atoms with Gasteiger partial charge in [0.2, 0.25) is 0 Å². The van der Waals surface area contributed by atoms with Gasteiger partial charge in [-0.3, -0.25) is 8.98 Å². The minimum Gasteiger partial charge on any atom is -0.494 e. The van der Waals surface area contributed by atoms with Crippen LogP contribution in [-0.2, 0) is 14.3 Å². The van der Waals surface area contributed by atoms with Crippen LogP contribution in [0.1, 0.15) is 35.7 Å². The van der Waals surface area contributed by atoms with Crippen LogP contribution in [-0.4, -0.2) is 45.5 Å². The molecule has 7 heteroatoms. The zero-order valence-electron chi connectivity index (χ0n) is 16.8. The second-order valence-electron chi connectivity index (χ2n) is 7.25. The van der Waals surface area contributed by atoms with Crippen LogP contribution < -0.4 is 4.74 Å². The Kier molecular flexibility index (Phi) is 6.92. The number of benzene rings is 2. The SMILES string of the molecule is CCOc1cccc(C(=O)N2CCC(COS(=O)(=O)c3ccc(C)cc3)CC2)c1. The number of piperidine rings is 1. The number of aryl methyl sites for hydroxylation is 1. The van der Waals surface area contributed by atoms with Crippen LogP contribution >= 0.6 is 0 Å². The van der Waals surface area contributed by atoms with Crippen molar-refractivity contribution < 1.29 is 22.1 Å². The summed E-state index contributed by atoms with van der Waals surface area (Å²) in [4.78, 5) is 14.7. The first kappa shape index (κ1) is 21.3. The lowest BCUT2D eigenvalue weighted by molar-refractivity contribution is 0.0662. The Morgan fingerprint density at radius 3 is 2.45 bits per heavy atom. The summed E-state index contributed by atoms with van der Waals surface area (Å²) >= 11 is 0. The molecule has 0 saturated carbocycles. The highest BCUT2D eigenvalue weighted by atomic mass is 32.2. The van der Waals surface area contributed by atoms with Gasteiger partial charge in [0.1, 0.15) is 5.75 Å². The summed E-state index contributed by atoms with van der Waals surface area (Å²) in [5.74, 6) is 0.759. The highest BCUT2D eigenvalue weighted by Gasteiger charge is 2.26. The number of hydrogen-bond donors (Lipinski definition) is 0. The number of nitrogens with zero attached hydrogens (tertiary/aromatic N) is 1. The molecule has 1 fully saturated rings. The van der Waals surface area contributed by atoms with Crippen molar-refractivity contribution in [2.75, 3.05) is 26.3 Å². The van der Waals surface area contributed by atoms with E-state index in [1.165, 1.54) is 0 Å². The van der Waals surface area contributed by atoms with Crippen molar-refractivity contribution in [2.24, 2.45) is 5.92 Å². The molecule has 2 aromatic rings. The van der Waals surface area contributed by atoms with E-state index in [0.717, 1.165) is 5.56 Å². The van der Waals surface area contributed by atoms with Gasteiger partial charge >= 0.3 is 0 Å². The lowest BCUT2D eigenvalue weighted by Gasteiger charge is -2.31. The summed E-state index contributed by atoms with van der Waals surface area (Å²) in [6, 6.07) is 13.8. The zero-order chi connectivity index (χ0) is 20.9. The maximum absolute atomic E-state index is 12.7. The Labute approximate surface area is 172 Å². The highest BCUT2D eigenvalue weighted by Crippen LogP contribution is 2.23. The molecular weight excluding hydrogens is 390 g/mol. The number of amides is 1. The van der Waals surface area contributed by atoms with Gasteiger partial charge in [-0.2, -0.15) is 8.42 Å². The Hall–Kier alpha value is -2.38. The van der Waals surface area contributed by atoms with E-state index in [1.807, 2.05) is 26.0 Å². The monoisotopic (exact) mass is 417 g/mol. The molecule has 2 aromatic carbocycles. The minimum absolute atomic E-state index is 0.0294. The molecule has 0 radical (unpaired) electrons. The van der Waals surface area contributed by atoms with Gasteiger partial charge < -0.3 is 9.64 Å². The summed E-state index contributed by atoms with van der Waals surface area (Å²) < 4.78 is 35.4. The summed E-state index contributed by atoms with van der Waals surface area (Å²) in [5, 5.41) is 0. The quantitative estimate of drug-likeness (QED) is 0.643. The van der Waals surface area contributed by atoms with E-state index in [2.05, 4.69) is 0 Å². The topological polar surface area (TPSA) is 72.9 Å². The molecule has 0 atom stereocenters. The number of ether oxygens (including phenoxy) is 1. The first-order valence-corrected chi connectivity index (χ1v) is 11.3. The maximum atomic E-state index is 12.7. The van der Waals surface area contributed by atoms with Crippen LogP contribution in [0.3, 0.4) is 0 Å². The highest BCUT2D eigenvalue weighted by molar-refractivity contribution is 7.86. The van der Waals surface area contributed by atoms with E-state index in [4.69, 9.17) is 8.92 Å². The van der Waals surface area contributed by atoms with Gasteiger partial charge in [0.15, 0.2) is 0 Å². The average Bonchev–Trinajstić information content (AvgIpc) is 2.73. The van der Waals surface area contributed by atoms with Gasteiger partial charge in [0, 0.05) is 18.7 Å². The summed E-state index contributed by atoms with van der Waals surface area (Å²) in [7, 11) is -3.75. The van der Waals surface area contributed by atoms with Crippen molar-refractivity contribution in [2.45, 2.75) is 31.6 Å². The third kappa shape index (κ3) is 5.58.